The van der Waals surface area contributed by atoms with Gasteiger partial charge in [0, 0.05) is 11.1 Å². The van der Waals surface area contributed by atoms with Crippen LogP contribution in [0.5, 0.6) is 5.75 Å². The molecule has 2 rings (SSSR count). The van der Waals surface area contributed by atoms with Crippen molar-refractivity contribution in [2.45, 2.75) is 38.9 Å². The van der Waals surface area contributed by atoms with Crippen LogP contribution in [0.2, 0.25) is 0 Å². The van der Waals surface area contributed by atoms with Crippen molar-refractivity contribution < 1.29 is 24.3 Å². The number of phenolic OH excluding ortho intramolecular Hbond substituents is 1. The van der Waals surface area contributed by atoms with Crippen LogP contribution in [-0.4, -0.2) is 41.4 Å². The molecular formula is C16H21BO5. The monoisotopic (exact) mass is 304 g/mol. The molecule has 0 atom stereocenters. The van der Waals surface area contributed by atoms with Crippen LogP contribution >= 0.6 is 0 Å². The molecule has 1 saturated heterocycles. The van der Waals surface area contributed by atoms with Crippen molar-refractivity contribution in [3.8, 4) is 5.75 Å². The molecule has 6 heteroatoms. The van der Waals surface area contributed by atoms with Crippen LogP contribution in [-0.2, 0) is 9.31 Å². The Morgan fingerprint density at radius 1 is 1.23 bits per heavy atom. The van der Waals surface area contributed by atoms with Crippen molar-refractivity contribution in [3.63, 3.8) is 0 Å². The second kappa shape index (κ2) is 5.87. The first-order valence-electron chi connectivity index (χ1n) is 7.16. The number of phenols is 1. The van der Waals surface area contributed by atoms with E-state index in [1.165, 1.54) is 6.07 Å². The van der Waals surface area contributed by atoms with E-state index in [1.54, 1.807) is 18.2 Å². The summed E-state index contributed by atoms with van der Waals surface area (Å²) in [6.45, 7) is 7.36. The lowest BCUT2D eigenvalue weighted by atomic mass is 9.77. The first kappa shape index (κ1) is 16.7. The lowest BCUT2D eigenvalue weighted by Gasteiger charge is -2.32. The fraction of sp³-hybridized carbons (Fsp3) is 0.438. The Morgan fingerprint density at radius 3 is 2.32 bits per heavy atom. The van der Waals surface area contributed by atoms with Crippen LogP contribution in [0, 0.1) is 0 Å². The zero-order chi connectivity index (χ0) is 16.5. The smallest absolute Gasteiger partial charge is 0.492 e. The number of benzene rings is 1. The molecule has 118 valence electrons. The average molecular weight is 304 g/mol. The third kappa shape index (κ3) is 2.95. The fourth-order valence-electron chi connectivity index (χ4n) is 2.20. The summed E-state index contributed by atoms with van der Waals surface area (Å²) in [4.78, 5) is 11.1. The number of aldehydes is 1. The third-order valence-electron chi connectivity index (χ3n) is 4.31. The summed E-state index contributed by atoms with van der Waals surface area (Å²) < 4.78 is 11.8. The summed E-state index contributed by atoms with van der Waals surface area (Å²) >= 11 is 0. The maximum Gasteiger partial charge on any atom is 0.492 e. The Kier molecular flexibility index (Phi) is 4.47. The van der Waals surface area contributed by atoms with E-state index in [1.807, 2.05) is 27.7 Å². The zero-order valence-corrected chi connectivity index (χ0v) is 13.3. The zero-order valence-electron chi connectivity index (χ0n) is 13.3. The van der Waals surface area contributed by atoms with Crippen LogP contribution in [0.25, 0.3) is 6.08 Å². The van der Waals surface area contributed by atoms with Gasteiger partial charge in [0.1, 0.15) is 5.75 Å². The molecule has 1 heterocycles. The maximum absolute atomic E-state index is 11.1. The van der Waals surface area contributed by atoms with Gasteiger partial charge in [0.2, 0.25) is 0 Å². The van der Waals surface area contributed by atoms with Gasteiger partial charge in [0.25, 0.3) is 0 Å². The maximum atomic E-state index is 11.1. The van der Waals surface area contributed by atoms with Crippen LogP contribution in [0.1, 0.15) is 43.6 Å². The molecule has 0 saturated carbocycles. The summed E-state index contributed by atoms with van der Waals surface area (Å²) in [5.41, 5.74) is 0.0676. The van der Waals surface area contributed by atoms with E-state index in [2.05, 4.69) is 0 Å². The van der Waals surface area contributed by atoms with Crippen molar-refractivity contribution in [1.82, 2.24) is 0 Å². The Bertz CT molecular complexity index is 591. The molecule has 0 radical (unpaired) electrons. The minimum absolute atomic E-state index is 0.0351. The van der Waals surface area contributed by atoms with Crippen molar-refractivity contribution in [1.29, 1.82) is 0 Å². The molecule has 1 fully saturated rings. The molecule has 2 N–H and O–H groups in total. The standard InChI is InChI=1S/C16H21BO5/c1-15(2)16(3,4)22-17(21-15)12(10-19)8-13-11(9-18)6-5-7-14(13)20/h5-9,19-20H,10H2,1-4H3. The highest BCUT2D eigenvalue weighted by molar-refractivity contribution is 6.55. The van der Waals surface area contributed by atoms with Gasteiger partial charge in [-0.3, -0.25) is 4.79 Å². The molecule has 0 bridgehead atoms. The van der Waals surface area contributed by atoms with Crippen LogP contribution in [0.15, 0.2) is 23.7 Å². The predicted octanol–water partition coefficient (Wildman–Crippen LogP) is 2.21. The lowest BCUT2D eigenvalue weighted by molar-refractivity contribution is 0.00578. The van der Waals surface area contributed by atoms with Gasteiger partial charge < -0.3 is 19.5 Å². The molecule has 0 aromatic heterocycles. The lowest BCUT2D eigenvalue weighted by Crippen LogP contribution is -2.41. The number of aliphatic hydroxyl groups is 1. The van der Waals surface area contributed by atoms with E-state index in [0.29, 0.717) is 22.9 Å². The van der Waals surface area contributed by atoms with Crippen LogP contribution in [0.3, 0.4) is 0 Å². The summed E-state index contributed by atoms with van der Waals surface area (Å²) in [7, 11) is -0.728. The molecule has 1 aliphatic heterocycles. The molecule has 5 nitrogen and oxygen atoms in total. The van der Waals surface area contributed by atoms with Gasteiger partial charge in [-0.05, 0) is 39.2 Å². The number of hydrogen-bond acceptors (Lipinski definition) is 5. The molecule has 0 unspecified atom stereocenters. The minimum Gasteiger partial charge on any atom is -0.507 e. The number of hydrogen-bond donors (Lipinski definition) is 2. The van der Waals surface area contributed by atoms with Gasteiger partial charge in [-0.15, -0.1) is 0 Å². The number of carbonyl (C=O) groups is 1. The Balaban J connectivity index is 2.40. The highest BCUT2D eigenvalue weighted by Crippen LogP contribution is 2.39. The summed E-state index contributed by atoms with van der Waals surface area (Å²) in [6.07, 6.45) is 2.20. The van der Waals surface area contributed by atoms with Crippen LogP contribution < -0.4 is 0 Å². The topological polar surface area (TPSA) is 76.0 Å². The highest BCUT2D eigenvalue weighted by atomic mass is 16.7. The minimum atomic E-state index is -0.728. The van der Waals surface area contributed by atoms with Gasteiger partial charge in [-0.25, -0.2) is 0 Å². The number of carbonyl (C=O) groups excluding carboxylic acids is 1. The van der Waals surface area contributed by atoms with Gasteiger partial charge in [0.05, 0.1) is 17.8 Å². The molecular weight excluding hydrogens is 283 g/mol. The quantitative estimate of drug-likeness (QED) is 0.659. The molecule has 1 aromatic rings. The number of aliphatic hydroxyl groups excluding tert-OH is 1. The van der Waals surface area contributed by atoms with E-state index in [4.69, 9.17) is 9.31 Å². The molecule has 0 spiro atoms. The normalized spacial score (nSPS) is 20.2. The van der Waals surface area contributed by atoms with E-state index in [9.17, 15) is 15.0 Å². The summed E-state index contributed by atoms with van der Waals surface area (Å²) in [6, 6.07) is 4.67. The summed E-state index contributed by atoms with van der Waals surface area (Å²) in [5, 5.41) is 19.6. The van der Waals surface area contributed by atoms with E-state index < -0.39 is 18.3 Å². The van der Waals surface area contributed by atoms with Gasteiger partial charge >= 0.3 is 7.12 Å². The fourth-order valence-corrected chi connectivity index (χ4v) is 2.20. The Hall–Kier alpha value is -1.63. The van der Waals surface area contributed by atoms with Gasteiger partial charge in [0.15, 0.2) is 6.29 Å². The molecule has 22 heavy (non-hydrogen) atoms. The average Bonchev–Trinajstić information content (AvgIpc) is 2.65. The highest BCUT2D eigenvalue weighted by Gasteiger charge is 2.52. The van der Waals surface area contributed by atoms with Crippen molar-refractivity contribution in [2.75, 3.05) is 6.61 Å². The second-order valence-corrected chi connectivity index (χ2v) is 6.36. The Labute approximate surface area is 130 Å². The van der Waals surface area contributed by atoms with E-state index in [0.717, 1.165) is 0 Å². The number of rotatable bonds is 4. The van der Waals surface area contributed by atoms with E-state index >= 15 is 0 Å². The molecule has 1 aliphatic rings. The first-order chi connectivity index (χ1) is 10.2. The molecule has 0 amide bonds. The van der Waals surface area contributed by atoms with Crippen molar-refractivity contribution in [3.05, 3.63) is 34.8 Å². The Morgan fingerprint density at radius 2 is 1.82 bits per heavy atom. The second-order valence-electron chi connectivity index (χ2n) is 6.36. The van der Waals surface area contributed by atoms with Gasteiger partial charge in [-0.1, -0.05) is 18.2 Å². The molecule has 1 aromatic carbocycles. The molecule has 0 aliphatic carbocycles. The number of aromatic hydroxyl groups is 1. The van der Waals surface area contributed by atoms with E-state index in [-0.39, 0.29) is 12.4 Å². The van der Waals surface area contributed by atoms with Crippen LogP contribution in [0.4, 0.5) is 0 Å². The predicted molar refractivity (Wildman–Crippen MR) is 84.6 cm³/mol. The first-order valence-corrected chi connectivity index (χ1v) is 7.16. The SMILES string of the molecule is CC1(C)OB(C(=Cc2c(O)cccc2C=O)CO)OC1(C)C. The largest absolute Gasteiger partial charge is 0.507 e. The van der Waals surface area contributed by atoms with Gasteiger partial charge in [-0.2, -0.15) is 0 Å². The van der Waals surface area contributed by atoms with Crippen molar-refractivity contribution >= 4 is 19.5 Å². The summed E-state index contributed by atoms with van der Waals surface area (Å²) in [5.74, 6) is -0.0351. The third-order valence-corrected chi connectivity index (χ3v) is 4.31. The van der Waals surface area contributed by atoms with Crippen molar-refractivity contribution in [2.24, 2.45) is 0 Å².